The number of carbonyl (C=O) groups is 2. The van der Waals surface area contributed by atoms with Crippen LogP contribution in [0.2, 0.25) is 0 Å². The van der Waals surface area contributed by atoms with Crippen molar-refractivity contribution in [2.45, 2.75) is 12.5 Å². The van der Waals surface area contributed by atoms with Crippen LogP contribution in [0.5, 0.6) is 0 Å². The van der Waals surface area contributed by atoms with E-state index < -0.39 is 11.7 Å². The molecule has 0 radical (unpaired) electrons. The molecule has 1 unspecified atom stereocenters. The number of halogens is 1. The van der Waals surface area contributed by atoms with Crippen molar-refractivity contribution in [1.29, 1.82) is 0 Å². The fourth-order valence-electron chi connectivity index (χ4n) is 2.19. The van der Waals surface area contributed by atoms with Gasteiger partial charge in [0.2, 0.25) is 5.91 Å². The number of nitrogens with one attached hydrogen (secondary N) is 2. The Morgan fingerprint density at radius 2 is 2.23 bits per heavy atom. The summed E-state index contributed by atoms with van der Waals surface area (Å²) in [6, 6.07) is 4.18. The fraction of sp³-hybridized carbons (Fsp3) is 0.467. The SMILES string of the molecule is CN(C)C(=O)c1cc(NC(=O)CC2CSCCN2)ccc1F. The predicted octanol–water partition coefficient (Wildman–Crippen LogP) is 1.56. The van der Waals surface area contributed by atoms with Gasteiger partial charge in [0, 0.05) is 50.3 Å². The van der Waals surface area contributed by atoms with E-state index in [1.165, 1.54) is 23.1 Å². The highest BCUT2D eigenvalue weighted by Gasteiger charge is 2.18. The number of hydrogen-bond donors (Lipinski definition) is 2. The second-order valence-electron chi connectivity index (χ2n) is 5.37. The van der Waals surface area contributed by atoms with E-state index in [9.17, 15) is 14.0 Å². The van der Waals surface area contributed by atoms with Gasteiger partial charge in [-0.1, -0.05) is 0 Å². The minimum atomic E-state index is -0.595. The van der Waals surface area contributed by atoms with Crippen molar-refractivity contribution < 1.29 is 14.0 Å². The van der Waals surface area contributed by atoms with Crippen molar-refractivity contribution in [2.24, 2.45) is 0 Å². The van der Waals surface area contributed by atoms with Gasteiger partial charge in [0.25, 0.3) is 5.91 Å². The molecule has 5 nitrogen and oxygen atoms in total. The van der Waals surface area contributed by atoms with Crippen LogP contribution in [0.25, 0.3) is 0 Å². The quantitative estimate of drug-likeness (QED) is 0.882. The molecule has 1 aromatic carbocycles. The van der Waals surface area contributed by atoms with Crippen molar-refractivity contribution >= 4 is 29.3 Å². The Bertz CT molecular complexity index is 560. The van der Waals surface area contributed by atoms with Crippen LogP contribution in [-0.4, -0.2) is 54.9 Å². The first-order valence-electron chi connectivity index (χ1n) is 7.09. The van der Waals surface area contributed by atoms with Crippen molar-refractivity contribution in [1.82, 2.24) is 10.2 Å². The van der Waals surface area contributed by atoms with E-state index in [1.807, 2.05) is 11.8 Å². The third-order valence-electron chi connectivity index (χ3n) is 3.32. The predicted molar refractivity (Wildman–Crippen MR) is 86.8 cm³/mol. The molecule has 2 amide bonds. The monoisotopic (exact) mass is 325 g/mol. The van der Waals surface area contributed by atoms with Crippen LogP contribution in [0.1, 0.15) is 16.8 Å². The molecule has 2 rings (SSSR count). The van der Waals surface area contributed by atoms with Crippen LogP contribution in [-0.2, 0) is 4.79 Å². The van der Waals surface area contributed by atoms with Gasteiger partial charge in [0.05, 0.1) is 5.56 Å². The first-order chi connectivity index (χ1) is 10.5. The maximum absolute atomic E-state index is 13.7. The Morgan fingerprint density at radius 3 is 2.86 bits per heavy atom. The minimum Gasteiger partial charge on any atom is -0.345 e. The number of benzene rings is 1. The maximum atomic E-state index is 13.7. The van der Waals surface area contributed by atoms with E-state index in [2.05, 4.69) is 10.6 Å². The minimum absolute atomic E-state index is 0.0471. The average molecular weight is 325 g/mol. The van der Waals surface area contributed by atoms with Crippen molar-refractivity contribution in [3.63, 3.8) is 0 Å². The Kier molecular flexibility index (Phi) is 5.79. The number of nitrogens with zero attached hydrogens (tertiary/aromatic N) is 1. The molecule has 1 fully saturated rings. The zero-order chi connectivity index (χ0) is 16.1. The largest absolute Gasteiger partial charge is 0.345 e. The lowest BCUT2D eigenvalue weighted by Crippen LogP contribution is -2.39. The number of amides is 2. The zero-order valence-electron chi connectivity index (χ0n) is 12.7. The number of hydrogen-bond acceptors (Lipinski definition) is 4. The number of thioether (sulfide) groups is 1. The van der Waals surface area contributed by atoms with Gasteiger partial charge in [-0.05, 0) is 18.2 Å². The summed E-state index contributed by atoms with van der Waals surface area (Å²) < 4.78 is 13.7. The van der Waals surface area contributed by atoms with E-state index in [0.717, 1.165) is 18.1 Å². The molecule has 0 spiro atoms. The smallest absolute Gasteiger partial charge is 0.256 e. The topological polar surface area (TPSA) is 61.4 Å². The molecular formula is C15H20FN3O2S. The number of rotatable bonds is 4. The molecule has 0 aliphatic carbocycles. The first-order valence-corrected chi connectivity index (χ1v) is 8.25. The highest BCUT2D eigenvalue weighted by Crippen LogP contribution is 2.17. The summed E-state index contributed by atoms with van der Waals surface area (Å²) in [5, 5.41) is 6.01. The molecule has 1 aliphatic rings. The normalized spacial score (nSPS) is 17.9. The summed E-state index contributed by atoms with van der Waals surface area (Å²) in [5.74, 6) is 0.795. The fourth-order valence-corrected chi connectivity index (χ4v) is 3.14. The molecule has 0 saturated carbocycles. The second kappa shape index (κ2) is 7.60. The van der Waals surface area contributed by atoms with E-state index in [1.54, 1.807) is 14.1 Å². The van der Waals surface area contributed by atoms with Crippen LogP contribution in [0.15, 0.2) is 18.2 Å². The average Bonchev–Trinajstić information content (AvgIpc) is 2.49. The second-order valence-corrected chi connectivity index (χ2v) is 6.52. The summed E-state index contributed by atoms with van der Waals surface area (Å²) >= 11 is 1.82. The lowest BCUT2D eigenvalue weighted by atomic mass is 10.1. The van der Waals surface area contributed by atoms with Gasteiger partial charge in [0.1, 0.15) is 5.82 Å². The standard InChI is InChI=1S/C15H20FN3O2S/c1-19(2)15(21)12-7-10(3-4-13(12)16)18-14(20)8-11-9-22-6-5-17-11/h3-4,7,11,17H,5-6,8-9H2,1-2H3,(H,18,20). The van der Waals surface area contributed by atoms with Gasteiger partial charge >= 0.3 is 0 Å². The highest BCUT2D eigenvalue weighted by atomic mass is 32.2. The molecule has 22 heavy (non-hydrogen) atoms. The zero-order valence-corrected chi connectivity index (χ0v) is 13.5. The highest BCUT2D eigenvalue weighted by molar-refractivity contribution is 7.99. The Hall–Kier alpha value is -1.60. The molecule has 1 saturated heterocycles. The third kappa shape index (κ3) is 4.45. The Morgan fingerprint density at radius 1 is 1.45 bits per heavy atom. The molecule has 2 N–H and O–H groups in total. The number of carbonyl (C=O) groups excluding carboxylic acids is 2. The molecule has 1 aromatic rings. The van der Waals surface area contributed by atoms with Crippen LogP contribution < -0.4 is 10.6 Å². The van der Waals surface area contributed by atoms with E-state index in [-0.39, 0.29) is 17.5 Å². The van der Waals surface area contributed by atoms with Gasteiger partial charge in [0.15, 0.2) is 0 Å². The van der Waals surface area contributed by atoms with E-state index >= 15 is 0 Å². The van der Waals surface area contributed by atoms with Gasteiger partial charge in [-0.3, -0.25) is 9.59 Å². The van der Waals surface area contributed by atoms with Crippen molar-refractivity contribution in [3.05, 3.63) is 29.6 Å². The molecule has 1 atom stereocenters. The maximum Gasteiger partial charge on any atom is 0.256 e. The Balaban J connectivity index is 2.01. The summed E-state index contributed by atoms with van der Waals surface area (Å²) in [6.07, 6.45) is 0.362. The van der Waals surface area contributed by atoms with Gasteiger partial charge in [-0.2, -0.15) is 11.8 Å². The lowest BCUT2D eigenvalue weighted by Gasteiger charge is -2.22. The van der Waals surface area contributed by atoms with Crippen molar-refractivity contribution in [2.75, 3.05) is 37.5 Å². The molecule has 1 aliphatic heterocycles. The summed E-state index contributed by atoms with van der Waals surface area (Å²) in [4.78, 5) is 25.2. The molecule has 7 heteroatoms. The van der Waals surface area contributed by atoms with Crippen molar-refractivity contribution in [3.8, 4) is 0 Å². The van der Waals surface area contributed by atoms with Crippen LogP contribution >= 0.6 is 11.8 Å². The third-order valence-corrected chi connectivity index (χ3v) is 4.45. The lowest BCUT2D eigenvalue weighted by molar-refractivity contribution is -0.116. The molecule has 0 bridgehead atoms. The molecule has 0 aromatic heterocycles. The summed E-state index contributed by atoms with van der Waals surface area (Å²) in [7, 11) is 3.11. The number of anilines is 1. The van der Waals surface area contributed by atoms with Gasteiger partial charge < -0.3 is 15.5 Å². The van der Waals surface area contributed by atoms with Crippen LogP contribution in [0.3, 0.4) is 0 Å². The summed E-state index contributed by atoms with van der Waals surface area (Å²) in [6.45, 7) is 0.903. The van der Waals surface area contributed by atoms with E-state index in [4.69, 9.17) is 0 Å². The van der Waals surface area contributed by atoms with Crippen LogP contribution in [0.4, 0.5) is 10.1 Å². The summed E-state index contributed by atoms with van der Waals surface area (Å²) in [5.41, 5.74) is 0.384. The first kappa shape index (κ1) is 16.8. The van der Waals surface area contributed by atoms with E-state index in [0.29, 0.717) is 12.1 Å². The Labute approximate surface area is 133 Å². The van der Waals surface area contributed by atoms with Gasteiger partial charge in [-0.15, -0.1) is 0 Å². The molecule has 1 heterocycles. The molecule has 120 valence electrons. The van der Waals surface area contributed by atoms with Crippen LogP contribution in [0, 0.1) is 5.82 Å². The van der Waals surface area contributed by atoms with Gasteiger partial charge in [-0.25, -0.2) is 4.39 Å². The molecular weight excluding hydrogens is 305 g/mol.